The van der Waals surface area contributed by atoms with E-state index in [1.54, 1.807) is 4.90 Å². The SMILES string of the molecule is N#C[C@@H](NC(=O)[C@H](CC1CCCCC1)NC(=O)N1CCOCC1)c1ccccc1. The summed E-state index contributed by atoms with van der Waals surface area (Å²) in [7, 11) is 0. The Hall–Kier alpha value is -2.59. The number of benzene rings is 1. The van der Waals surface area contributed by atoms with Gasteiger partial charge in [0.2, 0.25) is 5.91 Å². The Morgan fingerprint density at radius 2 is 1.79 bits per heavy atom. The van der Waals surface area contributed by atoms with Crippen molar-refractivity contribution >= 4 is 11.9 Å². The van der Waals surface area contributed by atoms with Crippen LogP contribution in [0.1, 0.15) is 50.1 Å². The van der Waals surface area contributed by atoms with Gasteiger partial charge in [0.05, 0.1) is 19.3 Å². The molecule has 7 heteroatoms. The molecule has 1 heterocycles. The van der Waals surface area contributed by atoms with Gasteiger partial charge in [-0.25, -0.2) is 4.79 Å². The highest BCUT2D eigenvalue weighted by Crippen LogP contribution is 2.27. The molecule has 3 rings (SSSR count). The van der Waals surface area contributed by atoms with Gasteiger partial charge in [0, 0.05) is 13.1 Å². The molecular weight excluding hydrogens is 368 g/mol. The second kappa shape index (κ2) is 10.8. The van der Waals surface area contributed by atoms with Crippen LogP contribution in [-0.2, 0) is 9.53 Å². The smallest absolute Gasteiger partial charge is 0.318 e. The van der Waals surface area contributed by atoms with Gasteiger partial charge in [-0.05, 0) is 17.9 Å². The standard InChI is InChI=1S/C22H30N4O3/c23-16-20(18-9-5-2-6-10-18)24-21(27)19(15-17-7-3-1-4-8-17)25-22(28)26-11-13-29-14-12-26/h2,5-6,9-10,17,19-20H,1,3-4,7-8,11-15H2,(H,24,27)(H,25,28)/t19-,20+/m0/s1. The van der Waals surface area contributed by atoms with Crippen LogP contribution in [0.2, 0.25) is 0 Å². The second-order valence-corrected chi connectivity index (χ2v) is 7.82. The topological polar surface area (TPSA) is 94.5 Å². The van der Waals surface area contributed by atoms with Crippen LogP contribution in [-0.4, -0.2) is 49.2 Å². The van der Waals surface area contributed by atoms with Crippen LogP contribution < -0.4 is 10.6 Å². The van der Waals surface area contributed by atoms with E-state index in [0.717, 1.165) is 18.4 Å². The van der Waals surface area contributed by atoms with Crippen molar-refractivity contribution in [1.82, 2.24) is 15.5 Å². The van der Waals surface area contributed by atoms with Gasteiger partial charge in [-0.2, -0.15) is 5.26 Å². The molecule has 0 bridgehead atoms. The number of morpholine rings is 1. The Morgan fingerprint density at radius 1 is 1.10 bits per heavy atom. The van der Waals surface area contributed by atoms with Gasteiger partial charge < -0.3 is 20.3 Å². The van der Waals surface area contributed by atoms with Crippen molar-refractivity contribution in [3.8, 4) is 6.07 Å². The van der Waals surface area contributed by atoms with Crippen molar-refractivity contribution in [3.63, 3.8) is 0 Å². The predicted octanol–water partition coefficient (Wildman–Crippen LogP) is 2.75. The highest BCUT2D eigenvalue weighted by atomic mass is 16.5. The van der Waals surface area contributed by atoms with Crippen molar-refractivity contribution < 1.29 is 14.3 Å². The van der Waals surface area contributed by atoms with Gasteiger partial charge in [-0.1, -0.05) is 62.4 Å². The third kappa shape index (κ3) is 6.20. The van der Waals surface area contributed by atoms with E-state index in [1.807, 2.05) is 30.3 Å². The van der Waals surface area contributed by atoms with E-state index >= 15 is 0 Å². The summed E-state index contributed by atoms with van der Waals surface area (Å²) in [4.78, 5) is 27.4. The lowest BCUT2D eigenvalue weighted by Gasteiger charge is -2.31. The fourth-order valence-electron chi connectivity index (χ4n) is 4.07. The zero-order valence-corrected chi connectivity index (χ0v) is 16.8. The van der Waals surface area contributed by atoms with Gasteiger partial charge in [-0.15, -0.1) is 0 Å². The summed E-state index contributed by atoms with van der Waals surface area (Å²) in [6.45, 7) is 2.07. The maximum Gasteiger partial charge on any atom is 0.318 e. The summed E-state index contributed by atoms with van der Waals surface area (Å²) in [5.41, 5.74) is 0.735. The van der Waals surface area contributed by atoms with Crippen LogP contribution in [0, 0.1) is 17.2 Å². The fourth-order valence-corrected chi connectivity index (χ4v) is 4.07. The minimum Gasteiger partial charge on any atom is -0.378 e. The van der Waals surface area contributed by atoms with E-state index < -0.39 is 12.1 Å². The second-order valence-electron chi connectivity index (χ2n) is 7.82. The maximum atomic E-state index is 13.1. The molecule has 1 aromatic rings. The normalized spacial score (nSPS) is 19.6. The third-order valence-corrected chi connectivity index (χ3v) is 5.75. The average Bonchev–Trinajstić information content (AvgIpc) is 2.78. The molecule has 0 spiro atoms. The lowest BCUT2D eigenvalue weighted by atomic mass is 9.84. The lowest BCUT2D eigenvalue weighted by Crippen LogP contribution is -2.54. The molecular formula is C22H30N4O3. The average molecular weight is 399 g/mol. The van der Waals surface area contributed by atoms with E-state index in [4.69, 9.17) is 4.74 Å². The number of amides is 3. The summed E-state index contributed by atoms with van der Waals surface area (Å²) in [5.74, 6) is 0.120. The third-order valence-electron chi connectivity index (χ3n) is 5.75. The quantitative estimate of drug-likeness (QED) is 0.770. The summed E-state index contributed by atoms with van der Waals surface area (Å²) in [6, 6.07) is 9.71. The molecule has 7 nitrogen and oxygen atoms in total. The molecule has 0 unspecified atom stereocenters. The highest BCUT2D eigenvalue weighted by Gasteiger charge is 2.29. The number of ether oxygens (including phenoxy) is 1. The summed E-state index contributed by atoms with van der Waals surface area (Å²) >= 11 is 0. The Morgan fingerprint density at radius 3 is 2.45 bits per heavy atom. The molecule has 2 N–H and O–H groups in total. The number of hydrogen-bond acceptors (Lipinski definition) is 4. The first kappa shape index (κ1) is 21.1. The minimum absolute atomic E-state index is 0.238. The molecule has 1 aliphatic heterocycles. The summed E-state index contributed by atoms with van der Waals surface area (Å²) in [6.07, 6.45) is 6.34. The van der Waals surface area contributed by atoms with Gasteiger partial charge in [0.1, 0.15) is 12.1 Å². The number of nitrogens with zero attached hydrogens (tertiary/aromatic N) is 2. The first-order valence-corrected chi connectivity index (χ1v) is 10.6. The monoisotopic (exact) mass is 398 g/mol. The Kier molecular flexibility index (Phi) is 7.88. The Labute approximate surface area is 172 Å². The molecule has 2 fully saturated rings. The van der Waals surface area contributed by atoms with E-state index in [0.29, 0.717) is 38.6 Å². The Balaban J connectivity index is 1.67. The molecule has 3 amide bonds. The first-order chi connectivity index (χ1) is 14.2. The van der Waals surface area contributed by atoms with Gasteiger partial charge in [0.25, 0.3) is 0 Å². The summed E-state index contributed by atoms with van der Waals surface area (Å²) in [5, 5.41) is 15.3. The largest absolute Gasteiger partial charge is 0.378 e. The number of nitrogens with one attached hydrogen (secondary N) is 2. The van der Waals surface area contributed by atoms with E-state index in [2.05, 4.69) is 16.7 Å². The van der Waals surface area contributed by atoms with E-state index in [-0.39, 0.29) is 11.9 Å². The fraction of sp³-hybridized carbons (Fsp3) is 0.591. The molecule has 0 aromatic heterocycles. The van der Waals surface area contributed by atoms with Crippen molar-refractivity contribution in [1.29, 1.82) is 5.26 Å². The number of rotatable bonds is 6. The number of carbonyl (C=O) groups excluding carboxylic acids is 2. The number of carbonyl (C=O) groups is 2. The molecule has 29 heavy (non-hydrogen) atoms. The van der Waals surface area contributed by atoms with Crippen LogP contribution in [0.15, 0.2) is 30.3 Å². The van der Waals surface area contributed by atoms with Crippen LogP contribution in [0.5, 0.6) is 0 Å². The van der Waals surface area contributed by atoms with Gasteiger partial charge in [-0.3, -0.25) is 4.79 Å². The molecule has 156 valence electrons. The van der Waals surface area contributed by atoms with Crippen molar-refractivity contribution in [2.24, 2.45) is 5.92 Å². The minimum atomic E-state index is -0.738. The molecule has 1 aromatic carbocycles. The lowest BCUT2D eigenvalue weighted by molar-refractivity contribution is -0.123. The zero-order valence-electron chi connectivity index (χ0n) is 16.8. The van der Waals surface area contributed by atoms with Crippen LogP contribution in [0.25, 0.3) is 0 Å². The van der Waals surface area contributed by atoms with Crippen LogP contribution in [0.4, 0.5) is 4.79 Å². The van der Waals surface area contributed by atoms with E-state index in [1.165, 1.54) is 19.3 Å². The van der Waals surface area contributed by atoms with Crippen LogP contribution in [0.3, 0.4) is 0 Å². The number of urea groups is 1. The molecule has 2 aliphatic rings. The number of hydrogen-bond donors (Lipinski definition) is 2. The van der Waals surface area contributed by atoms with Crippen molar-refractivity contribution in [3.05, 3.63) is 35.9 Å². The molecule has 2 atom stereocenters. The van der Waals surface area contributed by atoms with Crippen LogP contribution >= 0.6 is 0 Å². The zero-order chi connectivity index (χ0) is 20.5. The van der Waals surface area contributed by atoms with Crippen molar-refractivity contribution in [2.45, 2.75) is 50.6 Å². The summed E-state index contributed by atoms with van der Waals surface area (Å²) < 4.78 is 5.30. The molecule has 0 radical (unpaired) electrons. The van der Waals surface area contributed by atoms with Crippen molar-refractivity contribution in [2.75, 3.05) is 26.3 Å². The Bertz CT molecular complexity index is 707. The predicted molar refractivity (Wildman–Crippen MR) is 109 cm³/mol. The maximum absolute atomic E-state index is 13.1. The number of nitriles is 1. The molecule has 1 saturated heterocycles. The first-order valence-electron chi connectivity index (χ1n) is 10.6. The van der Waals surface area contributed by atoms with E-state index in [9.17, 15) is 14.9 Å². The molecule has 1 saturated carbocycles. The van der Waals surface area contributed by atoms with Gasteiger partial charge >= 0.3 is 6.03 Å². The highest BCUT2D eigenvalue weighted by molar-refractivity contribution is 5.87. The van der Waals surface area contributed by atoms with Gasteiger partial charge in [0.15, 0.2) is 0 Å². The molecule has 1 aliphatic carbocycles.